The quantitative estimate of drug-likeness (QED) is 0.711. The zero-order valence-corrected chi connectivity index (χ0v) is 11.2. The maximum Gasteiger partial charge on any atom is 0.199 e. The molecule has 1 aromatic rings. The first-order valence-electron chi connectivity index (χ1n) is 5.68. The van der Waals surface area contributed by atoms with Crippen LogP contribution in [0.1, 0.15) is 32.9 Å². The highest BCUT2D eigenvalue weighted by atomic mass is 32.2. The number of nitrogens with zero attached hydrogens (tertiary/aromatic N) is 1. The van der Waals surface area contributed by atoms with Gasteiger partial charge in [0, 0.05) is 11.1 Å². The van der Waals surface area contributed by atoms with E-state index in [1.807, 2.05) is 26.8 Å². The van der Waals surface area contributed by atoms with E-state index in [-0.39, 0.29) is 16.2 Å². The van der Waals surface area contributed by atoms with Crippen molar-refractivity contribution in [1.29, 1.82) is 0 Å². The molecule has 0 radical (unpaired) electrons. The summed E-state index contributed by atoms with van der Waals surface area (Å²) < 4.78 is 29.5. The minimum Gasteiger partial charge on any atom is -0.491 e. The Balaban J connectivity index is 2.60. The number of aromatic nitrogens is 1. The molecular formula is C12H17NO3S. The molecule has 0 N–H and O–H groups in total. The van der Waals surface area contributed by atoms with Gasteiger partial charge in [0.1, 0.15) is 0 Å². The normalized spacial score (nSPS) is 19.0. The van der Waals surface area contributed by atoms with Gasteiger partial charge in [0.2, 0.25) is 0 Å². The number of ether oxygens (including phenoxy) is 1. The Morgan fingerprint density at radius 2 is 2.00 bits per heavy atom. The van der Waals surface area contributed by atoms with Crippen LogP contribution in [-0.2, 0) is 15.3 Å². The van der Waals surface area contributed by atoms with E-state index in [1.165, 1.54) is 0 Å². The lowest BCUT2D eigenvalue weighted by Crippen LogP contribution is -2.16. The van der Waals surface area contributed by atoms with Crippen LogP contribution < -0.4 is 4.74 Å². The first-order valence-corrected chi connectivity index (χ1v) is 7.33. The first kappa shape index (κ1) is 12.4. The van der Waals surface area contributed by atoms with Gasteiger partial charge in [-0.15, -0.1) is 0 Å². The third kappa shape index (κ3) is 2.44. The average Bonchev–Trinajstić information content (AvgIpc) is 2.36. The molecule has 0 amide bonds. The molecule has 0 aromatic carbocycles. The van der Waals surface area contributed by atoms with E-state index < -0.39 is 9.84 Å². The van der Waals surface area contributed by atoms with Gasteiger partial charge < -0.3 is 4.74 Å². The van der Waals surface area contributed by atoms with Crippen molar-refractivity contribution in [3.8, 4) is 5.75 Å². The fourth-order valence-electron chi connectivity index (χ4n) is 1.71. The summed E-state index contributed by atoms with van der Waals surface area (Å²) in [5.74, 6) is 0.496. The summed E-state index contributed by atoms with van der Waals surface area (Å²) in [7, 11) is -3.30. The summed E-state index contributed by atoms with van der Waals surface area (Å²) >= 11 is 0. The molecular weight excluding hydrogens is 238 g/mol. The number of sulfone groups is 1. The molecule has 94 valence electrons. The van der Waals surface area contributed by atoms with Gasteiger partial charge >= 0.3 is 0 Å². The van der Waals surface area contributed by atoms with E-state index in [1.54, 1.807) is 6.07 Å². The smallest absolute Gasteiger partial charge is 0.199 e. The third-order valence-corrected chi connectivity index (χ3v) is 4.41. The number of fused-ring (bicyclic) bond motifs is 1. The second-order valence-electron chi connectivity index (χ2n) is 5.27. The molecule has 4 nitrogen and oxygen atoms in total. The fourth-order valence-corrected chi connectivity index (χ4v) is 3.07. The zero-order valence-electron chi connectivity index (χ0n) is 10.4. The second kappa shape index (κ2) is 3.98. The topological polar surface area (TPSA) is 56.3 Å². The summed E-state index contributed by atoms with van der Waals surface area (Å²) in [6, 6.07) is 3.55. The molecule has 0 aliphatic carbocycles. The van der Waals surface area contributed by atoms with Crippen molar-refractivity contribution >= 4 is 9.84 Å². The van der Waals surface area contributed by atoms with Gasteiger partial charge in [-0.2, -0.15) is 0 Å². The minimum atomic E-state index is -3.30. The van der Waals surface area contributed by atoms with E-state index in [4.69, 9.17) is 4.74 Å². The van der Waals surface area contributed by atoms with Gasteiger partial charge in [-0.25, -0.2) is 13.4 Å². The van der Waals surface area contributed by atoms with E-state index >= 15 is 0 Å². The Morgan fingerprint density at radius 1 is 1.29 bits per heavy atom. The van der Waals surface area contributed by atoms with Crippen molar-refractivity contribution in [2.45, 2.75) is 37.6 Å². The van der Waals surface area contributed by atoms with Crippen LogP contribution in [0.2, 0.25) is 0 Å². The van der Waals surface area contributed by atoms with Crippen molar-refractivity contribution in [2.75, 3.05) is 12.4 Å². The molecule has 1 aromatic heterocycles. The van der Waals surface area contributed by atoms with Crippen LogP contribution in [0.4, 0.5) is 0 Å². The molecule has 0 saturated carbocycles. The number of pyridine rings is 1. The fraction of sp³-hybridized carbons (Fsp3) is 0.583. The highest BCUT2D eigenvalue weighted by Gasteiger charge is 2.27. The van der Waals surface area contributed by atoms with Crippen LogP contribution in [0.5, 0.6) is 5.75 Å². The van der Waals surface area contributed by atoms with E-state index in [2.05, 4.69) is 4.98 Å². The lowest BCUT2D eigenvalue weighted by Gasteiger charge is -2.19. The largest absolute Gasteiger partial charge is 0.491 e. The maximum absolute atomic E-state index is 12.0. The molecule has 0 saturated heterocycles. The Labute approximate surface area is 102 Å². The van der Waals surface area contributed by atoms with Crippen molar-refractivity contribution in [1.82, 2.24) is 4.98 Å². The molecule has 5 heteroatoms. The predicted molar refractivity (Wildman–Crippen MR) is 65.1 cm³/mol. The maximum atomic E-state index is 12.0. The summed E-state index contributed by atoms with van der Waals surface area (Å²) in [6.07, 6.45) is 0.517. The standard InChI is InChI=1S/C12H17NO3S/c1-12(2,3)10-6-5-9-11(13-10)17(14,15)8-4-7-16-9/h5-6H,4,7-8H2,1-3H3. The summed E-state index contributed by atoms with van der Waals surface area (Å²) in [6.45, 7) is 6.45. The number of rotatable bonds is 0. The highest BCUT2D eigenvalue weighted by Crippen LogP contribution is 2.30. The van der Waals surface area contributed by atoms with Crippen LogP contribution in [-0.4, -0.2) is 25.8 Å². The average molecular weight is 255 g/mol. The molecule has 2 heterocycles. The van der Waals surface area contributed by atoms with Crippen molar-refractivity contribution in [2.24, 2.45) is 0 Å². The Kier molecular flexibility index (Phi) is 2.89. The summed E-state index contributed by atoms with van der Waals surface area (Å²) in [4.78, 5) is 4.28. The van der Waals surface area contributed by atoms with Crippen LogP contribution in [0.15, 0.2) is 17.2 Å². The van der Waals surface area contributed by atoms with Gasteiger partial charge in [-0.1, -0.05) is 20.8 Å². The van der Waals surface area contributed by atoms with Crippen molar-refractivity contribution in [3.05, 3.63) is 17.8 Å². The predicted octanol–water partition coefficient (Wildman–Crippen LogP) is 1.94. The Bertz CT molecular complexity index is 529. The minimum absolute atomic E-state index is 0.0995. The SMILES string of the molecule is CC(C)(C)c1ccc2c(n1)S(=O)(=O)CCCO2. The lowest BCUT2D eigenvalue weighted by molar-refractivity contribution is 0.311. The van der Waals surface area contributed by atoms with E-state index in [0.29, 0.717) is 18.8 Å². The molecule has 17 heavy (non-hydrogen) atoms. The van der Waals surface area contributed by atoms with Crippen LogP contribution in [0.3, 0.4) is 0 Å². The van der Waals surface area contributed by atoms with Crippen molar-refractivity contribution < 1.29 is 13.2 Å². The summed E-state index contributed by atoms with van der Waals surface area (Å²) in [5.41, 5.74) is 0.599. The van der Waals surface area contributed by atoms with Crippen LogP contribution in [0.25, 0.3) is 0 Å². The van der Waals surface area contributed by atoms with E-state index in [9.17, 15) is 8.42 Å². The monoisotopic (exact) mass is 255 g/mol. The highest BCUT2D eigenvalue weighted by molar-refractivity contribution is 7.91. The molecule has 0 fully saturated rings. The molecule has 0 unspecified atom stereocenters. The molecule has 0 spiro atoms. The van der Waals surface area contributed by atoms with E-state index in [0.717, 1.165) is 5.69 Å². The second-order valence-corrected chi connectivity index (χ2v) is 7.30. The molecule has 1 aliphatic heterocycles. The lowest BCUT2D eigenvalue weighted by atomic mass is 9.92. The van der Waals surface area contributed by atoms with Gasteiger partial charge in [0.05, 0.1) is 12.4 Å². The Hall–Kier alpha value is -1.10. The third-order valence-electron chi connectivity index (χ3n) is 2.70. The number of hydrogen-bond acceptors (Lipinski definition) is 4. The van der Waals surface area contributed by atoms with Crippen LogP contribution >= 0.6 is 0 Å². The van der Waals surface area contributed by atoms with Gasteiger partial charge in [0.15, 0.2) is 20.6 Å². The van der Waals surface area contributed by atoms with Gasteiger partial charge in [-0.3, -0.25) is 0 Å². The Morgan fingerprint density at radius 3 is 2.65 bits per heavy atom. The van der Waals surface area contributed by atoms with Gasteiger partial charge in [0.25, 0.3) is 0 Å². The number of hydrogen-bond donors (Lipinski definition) is 0. The summed E-state index contributed by atoms with van der Waals surface area (Å²) in [5, 5.41) is 0.0995. The zero-order chi connectivity index (χ0) is 12.7. The van der Waals surface area contributed by atoms with Gasteiger partial charge in [-0.05, 0) is 18.6 Å². The van der Waals surface area contributed by atoms with Crippen molar-refractivity contribution in [3.63, 3.8) is 0 Å². The molecule has 0 bridgehead atoms. The molecule has 1 aliphatic rings. The molecule has 0 atom stereocenters. The molecule has 2 rings (SSSR count). The van der Waals surface area contributed by atoms with Crippen LogP contribution in [0, 0.1) is 0 Å². The first-order chi connectivity index (χ1) is 7.81.